The van der Waals surface area contributed by atoms with Gasteiger partial charge in [-0.25, -0.2) is 13.4 Å². The number of benzene rings is 1. The quantitative estimate of drug-likeness (QED) is 0.737. The summed E-state index contributed by atoms with van der Waals surface area (Å²) in [6.07, 6.45) is 1.58. The number of nitrogens with two attached hydrogens (primary N) is 1. The molecule has 3 rings (SSSR count). The van der Waals surface area contributed by atoms with E-state index in [0.29, 0.717) is 5.13 Å². The number of nitrogens with one attached hydrogen (secondary N) is 1. The van der Waals surface area contributed by atoms with E-state index in [1.54, 1.807) is 12.3 Å². The van der Waals surface area contributed by atoms with Crippen LogP contribution in [-0.4, -0.2) is 49.0 Å². The van der Waals surface area contributed by atoms with Crippen LogP contribution < -0.4 is 11.1 Å². The highest BCUT2D eigenvalue weighted by Gasteiger charge is 2.45. The molecule has 1 unspecified atom stereocenters. The Morgan fingerprint density at radius 2 is 2.00 bits per heavy atom. The van der Waals surface area contributed by atoms with Crippen molar-refractivity contribution in [1.82, 2.24) is 9.29 Å². The summed E-state index contributed by atoms with van der Waals surface area (Å²) < 4.78 is 25.8. The molecule has 1 aliphatic rings. The number of nitrogens with zero attached hydrogens (tertiary/aromatic N) is 2. The topological polar surface area (TPSA) is 122 Å². The molecule has 0 saturated carbocycles. The molecule has 10 heteroatoms. The number of rotatable bonds is 2. The van der Waals surface area contributed by atoms with Crippen LogP contribution in [0, 0.1) is 6.92 Å². The zero-order chi connectivity index (χ0) is 19.5. The molecule has 26 heavy (non-hydrogen) atoms. The lowest BCUT2D eigenvalue weighted by Gasteiger charge is -2.30. The van der Waals surface area contributed by atoms with E-state index in [0.717, 1.165) is 15.7 Å². The number of fused-ring (bicyclic) bond motifs is 1. The Bertz CT molecular complexity index is 924. The fraction of sp³-hybridized carbons (Fsp3) is 0.312. The van der Waals surface area contributed by atoms with Crippen LogP contribution >= 0.6 is 11.3 Å². The van der Waals surface area contributed by atoms with Gasteiger partial charge >= 0.3 is 0 Å². The number of carbonyl (C=O) groups is 2. The third kappa shape index (κ3) is 3.83. The number of Topliss-reactive ketones (excluding diaryl/α,β-unsaturated/α-hetero) is 1. The van der Waals surface area contributed by atoms with Crippen molar-refractivity contribution < 1.29 is 18.0 Å². The summed E-state index contributed by atoms with van der Waals surface area (Å²) in [5.74, 6) is -1.27. The molecule has 1 atom stereocenters. The highest BCUT2D eigenvalue weighted by atomic mass is 32.2. The van der Waals surface area contributed by atoms with Crippen molar-refractivity contribution in [2.75, 3.05) is 18.9 Å². The maximum absolute atomic E-state index is 12.6. The van der Waals surface area contributed by atoms with Crippen LogP contribution in [0.4, 0.5) is 5.13 Å². The fourth-order valence-electron chi connectivity index (χ4n) is 2.37. The smallest absolute Gasteiger partial charge is 0.252 e. The van der Waals surface area contributed by atoms with Crippen LogP contribution in [0.25, 0.3) is 0 Å². The first-order valence-electron chi connectivity index (χ1n) is 7.78. The third-order valence-electron chi connectivity index (χ3n) is 3.52. The fourth-order valence-corrected chi connectivity index (χ4v) is 4.52. The monoisotopic (exact) mass is 396 g/mol. The summed E-state index contributed by atoms with van der Waals surface area (Å²) in [6, 6.07) is 4.43. The first-order chi connectivity index (χ1) is 12.2. The van der Waals surface area contributed by atoms with E-state index in [-0.39, 0.29) is 10.5 Å². The molecule has 1 aromatic heterocycles. The molecule has 3 N–H and O–H groups in total. The molecule has 0 spiro atoms. The van der Waals surface area contributed by atoms with Gasteiger partial charge in [-0.3, -0.25) is 9.59 Å². The van der Waals surface area contributed by atoms with Crippen LogP contribution in [0.15, 0.2) is 35.4 Å². The van der Waals surface area contributed by atoms with E-state index in [1.165, 1.54) is 36.6 Å². The predicted molar refractivity (Wildman–Crippen MR) is 99.7 cm³/mol. The summed E-state index contributed by atoms with van der Waals surface area (Å²) in [5.41, 5.74) is 4.88. The van der Waals surface area contributed by atoms with Gasteiger partial charge in [-0.05, 0) is 25.6 Å². The first kappa shape index (κ1) is 20.2. The van der Waals surface area contributed by atoms with Gasteiger partial charge in [-0.15, -0.1) is 11.3 Å². The minimum absolute atomic E-state index is 0.0288. The standard InChI is InChI=1S/C14H13N3O4S2.C2H7N/c1-8-7-15-14(22-8)16-13(19)11-12(18)9-5-3-4-6-10(9)23(20,21)17(11)2;1-2-3/h3-7,11H,1-2H3,(H,15,16,19);2-3H2,1H3. The molecule has 0 radical (unpaired) electrons. The van der Waals surface area contributed by atoms with E-state index in [4.69, 9.17) is 5.73 Å². The lowest BCUT2D eigenvalue weighted by atomic mass is 10.0. The molecular formula is C16H20N4O4S2. The average molecular weight is 396 g/mol. The summed E-state index contributed by atoms with van der Waals surface area (Å²) in [7, 11) is -2.68. The minimum Gasteiger partial charge on any atom is -0.331 e. The van der Waals surface area contributed by atoms with Crippen molar-refractivity contribution in [3.8, 4) is 0 Å². The Kier molecular flexibility index (Phi) is 6.24. The molecule has 2 aromatic rings. The van der Waals surface area contributed by atoms with Crippen LogP contribution in [0.1, 0.15) is 22.2 Å². The van der Waals surface area contributed by atoms with Crippen LogP contribution in [0.2, 0.25) is 0 Å². The largest absolute Gasteiger partial charge is 0.331 e. The van der Waals surface area contributed by atoms with Gasteiger partial charge in [0, 0.05) is 23.7 Å². The molecule has 1 aromatic carbocycles. The second-order valence-corrected chi connectivity index (χ2v) is 8.66. The van der Waals surface area contributed by atoms with Gasteiger partial charge in [0.25, 0.3) is 5.91 Å². The predicted octanol–water partition coefficient (Wildman–Crippen LogP) is 1.24. The molecular weight excluding hydrogens is 376 g/mol. The molecule has 0 bridgehead atoms. The minimum atomic E-state index is -3.90. The summed E-state index contributed by atoms with van der Waals surface area (Å²) >= 11 is 1.25. The van der Waals surface area contributed by atoms with Crippen molar-refractivity contribution >= 4 is 38.2 Å². The van der Waals surface area contributed by atoms with Crippen molar-refractivity contribution in [2.24, 2.45) is 5.73 Å². The lowest BCUT2D eigenvalue weighted by molar-refractivity contribution is -0.118. The Morgan fingerprint density at radius 1 is 1.38 bits per heavy atom. The lowest BCUT2D eigenvalue weighted by Crippen LogP contribution is -2.53. The Labute approximate surface area is 156 Å². The van der Waals surface area contributed by atoms with Gasteiger partial charge < -0.3 is 11.1 Å². The number of thiazole rings is 1. The number of sulfonamides is 1. The van der Waals surface area contributed by atoms with E-state index in [9.17, 15) is 18.0 Å². The maximum atomic E-state index is 12.6. The zero-order valence-electron chi connectivity index (χ0n) is 14.6. The van der Waals surface area contributed by atoms with Crippen molar-refractivity contribution in [3.63, 3.8) is 0 Å². The van der Waals surface area contributed by atoms with E-state index in [2.05, 4.69) is 10.3 Å². The Morgan fingerprint density at radius 3 is 2.58 bits per heavy atom. The highest BCUT2D eigenvalue weighted by Crippen LogP contribution is 2.29. The molecule has 0 saturated heterocycles. The normalized spacial score (nSPS) is 18.5. The first-order valence-corrected chi connectivity index (χ1v) is 10.0. The van der Waals surface area contributed by atoms with Crippen LogP contribution in [0.3, 0.4) is 0 Å². The van der Waals surface area contributed by atoms with Crippen LogP contribution in [0.5, 0.6) is 0 Å². The van der Waals surface area contributed by atoms with Crippen molar-refractivity contribution in [2.45, 2.75) is 24.8 Å². The molecule has 1 aliphatic heterocycles. The average Bonchev–Trinajstić information content (AvgIpc) is 2.99. The Balaban J connectivity index is 0.000000758. The summed E-state index contributed by atoms with van der Waals surface area (Å²) in [5, 5.41) is 2.83. The van der Waals surface area contributed by atoms with Crippen molar-refractivity contribution in [3.05, 3.63) is 40.9 Å². The zero-order valence-corrected chi connectivity index (χ0v) is 16.2. The van der Waals surface area contributed by atoms with Gasteiger partial charge in [0.15, 0.2) is 17.0 Å². The number of aromatic nitrogens is 1. The van der Waals surface area contributed by atoms with Gasteiger partial charge in [-0.2, -0.15) is 4.31 Å². The van der Waals surface area contributed by atoms with Gasteiger partial charge in [0.05, 0.1) is 4.90 Å². The third-order valence-corrected chi connectivity index (χ3v) is 6.23. The molecule has 2 heterocycles. The number of anilines is 1. The second kappa shape index (κ2) is 8.04. The number of hydrogen-bond acceptors (Lipinski definition) is 7. The maximum Gasteiger partial charge on any atom is 0.252 e. The Hall–Kier alpha value is -2.14. The molecule has 1 amide bonds. The van der Waals surface area contributed by atoms with Gasteiger partial charge in [0.2, 0.25) is 10.0 Å². The number of aryl methyl sites for hydroxylation is 1. The van der Waals surface area contributed by atoms with Crippen molar-refractivity contribution in [1.29, 1.82) is 0 Å². The molecule has 0 fully saturated rings. The van der Waals surface area contributed by atoms with E-state index in [1.807, 2.05) is 13.8 Å². The number of amides is 1. The molecule has 0 aliphatic carbocycles. The van der Waals surface area contributed by atoms with E-state index < -0.39 is 27.8 Å². The SMILES string of the molecule is CCN.Cc1cnc(NC(=O)C2C(=O)c3ccccc3S(=O)(=O)N2C)s1. The second-order valence-electron chi connectivity index (χ2n) is 5.46. The number of hydrogen-bond donors (Lipinski definition) is 2. The van der Waals surface area contributed by atoms with Crippen LogP contribution in [-0.2, 0) is 14.8 Å². The summed E-state index contributed by atoms with van der Waals surface area (Å²) in [4.78, 5) is 29.8. The number of likely N-dealkylation sites (N-methyl/N-ethyl adjacent to an activating group) is 1. The van der Waals surface area contributed by atoms with Gasteiger partial charge in [0.1, 0.15) is 0 Å². The molecule has 140 valence electrons. The number of carbonyl (C=O) groups excluding carboxylic acids is 2. The van der Waals surface area contributed by atoms with E-state index >= 15 is 0 Å². The highest BCUT2D eigenvalue weighted by molar-refractivity contribution is 7.89. The number of ketones is 1. The van der Waals surface area contributed by atoms with Gasteiger partial charge in [-0.1, -0.05) is 19.1 Å². The molecule has 8 nitrogen and oxygen atoms in total. The summed E-state index contributed by atoms with van der Waals surface area (Å²) in [6.45, 7) is 4.48.